The van der Waals surface area contributed by atoms with Crippen LogP contribution in [-0.4, -0.2) is 48.1 Å². The van der Waals surface area contributed by atoms with Crippen LogP contribution in [0.3, 0.4) is 0 Å². The van der Waals surface area contributed by atoms with Crippen LogP contribution in [0.25, 0.3) is 0 Å². The molecule has 0 saturated carbocycles. The van der Waals surface area contributed by atoms with E-state index in [2.05, 4.69) is 5.32 Å². The second-order valence-electron chi connectivity index (χ2n) is 3.42. The Morgan fingerprint density at radius 2 is 2.00 bits per heavy atom. The van der Waals surface area contributed by atoms with Gasteiger partial charge in [0, 0.05) is 19.6 Å². The van der Waals surface area contributed by atoms with E-state index in [9.17, 15) is 9.59 Å². The van der Waals surface area contributed by atoms with Crippen LogP contribution >= 0.6 is 0 Å². The van der Waals surface area contributed by atoms with Gasteiger partial charge in [-0.3, -0.25) is 9.59 Å². The highest BCUT2D eigenvalue weighted by atomic mass is 16.4. The van der Waals surface area contributed by atoms with E-state index < -0.39 is 5.97 Å². The highest BCUT2D eigenvalue weighted by Gasteiger charge is 2.10. The molecule has 14 heavy (non-hydrogen) atoms. The van der Waals surface area contributed by atoms with E-state index in [0.717, 1.165) is 0 Å². The monoisotopic (exact) mass is 202 g/mol. The van der Waals surface area contributed by atoms with E-state index >= 15 is 0 Å². The summed E-state index contributed by atoms with van der Waals surface area (Å²) in [5.74, 6) is -0.882. The molecule has 0 bridgehead atoms. The summed E-state index contributed by atoms with van der Waals surface area (Å²) in [7, 11) is 1.73. The second-order valence-corrected chi connectivity index (χ2v) is 3.42. The molecule has 0 radical (unpaired) electrons. The molecule has 82 valence electrons. The summed E-state index contributed by atoms with van der Waals surface area (Å²) in [5, 5.41) is 11.1. The maximum Gasteiger partial charge on any atom is 0.304 e. The van der Waals surface area contributed by atoms with Crippen molar-refractivity contribution in [3.63, 3.8) is 0 Å². The van der Waals surface area contributed by atoms with E-state index in [4.69, 9.17) is 5.11 Å². The van der Waals surface area contributed by atoms with Gasteiger partial charge in [-0.05, 0) is 13.8 Å². The molecule has 0 rings (SSSR count). The summed E-state index contributed by atoms with van der Waals surface area (Å²) >= 11 is 0. The van der Waals surface area contributed by atoms with Crippen LogP contribution in [0.1, 0.15) is 20.3 Å². The number of aliphatic carboxylic acids is 1. The van der Waals surface area contributed by atoms with Gasteiger partial charge in [0.05, 0.1) is 13.0 Å². The molecular weight excluding hydrogens is 184 g/mol. The number of rotatable bonds is 6. The number of carbonyl (C=O) groups excluding carboxylic acids is 1. The predicted octanol–water partition coefficient (Wildman–Crippen LogP) is -0.0825. The lowest BCUT2D eigenvalue weighted by atomic mass is 10.3. The zero-order chi connectivity index (χ0) is 11.1. The second kappa shape index (κ2) is 6.37. The van der Waals surface area contributed by atoms with E-state index in [1.165, 1.54) is 0 Å². The molecule has 0 aliphatic heterocycles. The van der Waals surface area contributed by atoms with Gasteiger partial charge in [0.25, 0.3) is 0 Å². The number of carboxylic acids is 1. The Morgan fingerprint density at radius 1 is 1.43 bits per heavy atom. The minimum atomic E-state index is -0.859. The van der Waals surface area contributed by atoms with Crippen molar-refractivity contribution < 1.29 is 14.7 Å². The lowest BCUT2D eigenvalue weighted by Gasteiger charge is -2.21. The Bertz CT molecular complexity index is 204. The Balaban J connectivity index is 3.59. The molecule has 5 nitrogen and oxygen atoms in total. The van der Waals surface area contributed by atoms with Gasteiger partial charge in [0.1, 0.15) is 0 Å². The normalized spacial score (nSPS) is 10.3. The fourth-order valence-electron chi connectivity index (χ4n) is 0.803. The van der Waals surface area contributed by atoms with Gasteiger partial charge in [0.2, 0.25) is 5.91 Å². The fourth-order valence-corrected chi connectivity index (χ4v) is 0.803. The zero-order valence-electron chi connectivity index (χ0n) is 8.91. The first-order valence-corrected chi connectivity index (χ1v) is 4.63. The van der Waals surface area contributed by atoms with Gasteiger partial charge in [-0.2, -0.15) is 0 Å². The minimum absolute atomic E-state index is 0.0228. The third-order valence-electron chi connectivity index (χ3n) is 1.96. The van der Waals surface area contributed by atoms with Crippen LogP contribution in [0.15, 0.2) is 0 Å². The summed E-state index contributed by atoms with van der Waals surface area (Å²) in [6.45, 7) is 4.37. The molecule has 0 saturated heterocycles. The molecule has 0 unspecified atom stereocenters. The van der Waals surface area contributed by atoms with E-state index in [1.807, 2.05) is 13.8 Å². The molecule has 0 fully saturated rings. The van der Waals surface area contributed by atoms with Gasteiger partial charge >= 0.3 is 5.97 Å². The number of likely N-dealkylation sites (N-methyl/N-ethyl adjacent to an activating group) is 1. The number of hydrogen-bond acceptors (Lipinski definition) is 3. The molecule has 0 heterocycles. The van der Waals surface area contributed by atoms with Gasteiger partial charge < -0.3 is 15.3 Å². The lowest BCUT2D eigenvalue weighted by Crippen LogP contribution is -2.39. The van der Waals surface area contributed by atoms with Crippen molar-refractivity contribution in [2.45, 2.75) is 26.3 Å². The Morgan fingerprint density at radius 3 is 2.43 bits per heavy atom. The number of nitrogens with one attached hydrogen (secondary N) is 1. The summed E-state index contributed by atoms with van der Waals surface area (Å²) in [4.78, 5) is 23.1. The standard InChI is InChI=1S/C9H18N2O3/c1-7(2)11(3)8(12)6-10-5-4-9(13)14/h7,10H,4-6H2,1-3H3,(H,13,14). The maximum absolute atomic E-state index is 11.3. The minimum Gasteiger partial charge on any atom is -0.481 e. The Labute approximate surface area is 84.1 Å². The largest absolute Gasteiger partial charge is 0.481 e. The van der Waals surface area contributed by atoms with Crippen LogP contribution in [-0.2, 0) is 9.59 Å². The van der Waals surface area contributed by atoms with E-state index in [-0.39, 0.29) is 24.9 Å². The first kappa shape index (κ1) is 12.9. The Kier molecular flexibility index (Phi) is 5.87. The van der Waals surface area contributed by atoms with Crippen LogP contribution in [0, 0.1) is 0 Å². The molecule has 0 aromatic carbocycles. The molecule has 0 aliphatic rings. The predicted molar refractivity (Wildman–Crippen MR) is 53.0 cm³/mol. The smallest absolute Gasteiger partial charge is 0.304 e. The fraction of sp³-hybridized carbons (Fsp3) is 0.778. The molecule has 0 aromatic rings. The van der Waals surface area contributed by atoms with Crippen molar-refractivity contribution in [2.75, 3.05) is 20.1 Å². The molecule has 0 spiro atoms. The molecule has 0 atom stereocenters. The average Bonchev–Trinajstić information content (AvgIpc) is 2.10. The molecule has 0 aliphatic carbocycles. The molecule has 2 N–H and O–H groups in total. The maximum atomic E-state index is 11.3. The van der Waals surface area contributed by atoms with Gasteiger partial charge in [-0.1, -0.05) is 0 Å². The van der Waals surface area contributed by atoms with Gasteiger partial charge in [-0.15, -0.1) is 0 Å². The molecule has 1 amide bonds. The molecule has 0 aromatic heterocycles. The summed E-state index contributed by atoms with van der Waals surface area (Å²) in [6.07, 6.45) is 0.0404. The number of nitrogens with zero attached hydrogens (tertiary/aromatic N) is 1. The molecular formula is C9H18N2O3. The van der Waals surface area contributed by atoms with Crippen LogP contribution in [0.4, 0.5) is 0 Å². The van der Waals surface area contributed by atoms with Crippen molar-refractivity contribution in [3.8, 4) is 0 Å². The highest BCUT2D eigenvalue weighted by Crippen LogP contribution is 1.92. The summed E-state index contributed by atoms with van der Waals surface area (Å²) in [6, 6.07) is 0.170. The van der Waals surface area contributed by atoms with E-state index in [0.29, 0.717) is 6.54 Å². The van der Waals surface area contributed by atoms with Crippen molar-refractivity contribution in [1.29, 1.82) is 0 Å². The van der Waals surface area contributed by atoms with Crippen LogP contribution in [0.5, 0.6) is 0 Å². The topological polar surface area (TPSA) is 69.6 Å². The number of amides is 1. The third kappa shape index (κ3) is 5.53. The van der Waals surface area contributed by atoms with Crippen molar-refractivity contribution in [1.82, 2.24) is 10.2 Å². The lowest BCUT2D eigenvalue weighted by molar-refractivity contribution is -0.137. The summed E-state index contributed by atoms with van der Waals surface area (Å²) < 4.78 is 0. The van der Waals surface area contributed by atoms with Gasteiger partial charge in [0.15, 0.2) is 0 Å². The third-order valence-corrected chi connectivity index (χ3v) is 1.96. The Hall–Kier alpha value is -1.10. The first-order valence-electron chi connectivity index (χ1n) is 4.63. The van der Waals surface area contributed by atoms with Crippen molar-refractivity contribution in [3.05, 3.63) is 0 Å². The van der Waals surface area contributed by atoms with Crippen LogP contribution < -0.4 is 5.32 Å². The van der Waals surface area contributed by atoms with E-state index in [1.54, 1.807) is 11.9 Å². The van der Waals surface area contributed by atoms with Crippen molar-refractivity contribution >= 4 is 11.9 Å². The number of carboxylic acid groups (broad SMARTS) is 1. The quantitative estimate of drug-likeness (QED) is 0.591. The highest BCUT2D eigenvalue weighted by molar-refractivity contribution is 5.78. The summed E-state index contributed by atoms with van der Waals surface area (Å²) in [5.41, 5.74) is 0. The number of hydrogen-bond donors (Lipinski definition) is 2. The van der Waals surface area contributed by atoms with Gasteiger partial charge in [-0.25, -0.2) is 0 Å². The first-order chi connectivity index (χ1) is 6.45. The molecule has 5 heteroatoms. The average molecular weight is 202 g/mol. The zero-order valence-corrected chi connectivity index (χ0v) is 8.91. The SMILES string of the molecule is CC(C)N(C)C(=O)CNCCC(=O)O. The van der Waals surface area contributed by atoms with Crippen LogP contribution in [0.2, 0.25) is 0 Å². The number of carbonyl (C=O) groups is 2. The van der Waals surface area contributed by atoms with Crippen molar-refractivity contribution in [2.24, 2.45) is 0 Å².